The topological polar surface area (TPSA) is 87.7 Å². The Morgan fingerprint density at radius 3 is 2.47 bits per heavy atom. The molecule has 2 saturated heterocycles. The molecule has 38 heavy (non-hydrogen) atoms. The highest BCUT2D eigenvalue weighted by atomic mass is 35.5. The van der Waals surface area contributed by atoms with Crippen LogP contribution in [0.2, 0.25) is 5.02 Å². The number of benzene rings is 2. The zero-order valence-electron chi connectivity index (χ0n) is 21.1. The summed E-state index contributed by atoms with van der Waals surface area (Å²) >= 11 is 5.99. The molecule has 3 fully saturated rings. The zero-order valence-corrected chi connectivity index (χ0v) is 21.9. The summed E-state index contributed by atoms with van der Waals surface area (Å²) in [6.07, 6.45) is 9.00. The summed E-state index contributed by atoms with van der Waals surface area (Å²) < 4.78 is 6.43. The fourth-order valence-corrected chi connectivity index (χ4v) is 6.81. The van der Waals surface area contributed by atoms with Crippen molar-refractivity contribution in [3.63, 3.8) is 0 Å². The highest BCUT2D eigenvalue weighted by Gasteiger charge is 2.72. The number of amides is 3. The molecule has 2 N–H and O–H groups in total. The van der Waals surface area contributed by atoms with Gasteiger partial charge in [-0.2, -0.15) is 0 Å². The fourth-order valence-electron chi connectivity index (χ4n) is 6.69. The number of nitrogens with one attached hydrogen (secondary N) is 2. The van der Waals surface area contributed by atoms with E-state index in [-0.39, 0.29) is 23.8 Å². The Labute approximate surface area is 227 Å². The van der Waals surface area contributed by atoms with Gasteiger partial charge in [-0.25, -0.2) is 0 Å². The molecule has 7 nitrogen and oxygen atoms in total. The zero-order chi connectivity index (χ0) is 26.3. The molecule has 6 rings (SSSR count). The fraction of sp³-hybridized carbons (Fsp3) is 0.433. The second-order valence-corrected chi connectivity index (χ2v) is 11.2. The van der Waals surface area contributed by atoms with Gasteiger partial charge in [0.05, 0.1) is 17.9 Å². The summed E-state index contributed by atoms with van der Waals surface area (Å²) in [6.45, 7) is 0.372. The largest absolute Gasteiger partial charge is 0.359 e. The van der Waals surface area contributed by atoms with Crippen molar-refractivity contribution in [2.75, 3.05) is 11.9 Å². The normalized spacial score (nSPS) is 29.9. The number of nitrogens with zero attached hydrogens (tertiary/aromatic N) is 1. The predicted molar refractivity (Wildman–Crippen MR) is 144 cm³/mol. The number of ether oxygens (including phenoxy) is 1. The molecule has 198 valence electrons. The van der Waals surface area contributed by atoms with Gasteiger partial charge in [-0.05, 0) is 49.1 Å². The molecule has 0 aromatic heterocycles. The van der Waals surface area contributed by atoms with Gasteiger partial charge in [0, 0.05) is 23.3 Å². The van der Waals surface area contributed by atoms with Crippen LogP contribution in [-0.2, 0) is 25.5 Å². The summed E-state index contributed by atoms with van der Waals surface area (Å²) in [5, 5.41) is 6.72. The standard InChI is InChI=1S/C30H32ClN3O4/c31-20-11-13-22(14-12-20)32-27(35)24-23-15-17-30(38-23)25(24)29(37)34(18-16-19-7-3-1-4-8-19)26(30)28(36)33-21-9-5-2-6-10-21/h1,3-4,7-8,11-15,17,21,23-26H,2,5-6,9-10,16,18H2,(H,32,35)(H,33,36)/t23-,24?,25-,26?,30?/m0/s1. The van der Waals surface area contributed by atoms with E-state index in [0.717, 1.165) is 31.2 Å². The third-order valence-electron chi connectivity index (χ3n) is 8.47. The van der Waals surface area contributed by atoms with Gasteiger partial charge >= 0.3 is 0 Å². The van der Waals surface area contributed by atoms with E-state index < -0.39 is 29.6 Å². The monoisotopic (exact) mass is 533 g/mol. The minimum absolute atomic E-state index is 0.101. The molecule has 4 aliphatic rings. The lowest BCUT2D eigenvalue weighted by Crippen LogP contribution is -2.56. The molecule has 1 spiro atoms. The minimum Gasteiger partial charge on any atom is -0.359 e. The van der Waals surface area contributed by atoms with E-state index in [2.05, 4.69) is 10.6 Å². The van der Waals surface area contributed by atoms with Gasteiger partial charge in [0.1, 0.15) is 11.6 Å². The number of halogens is 1. The van der Waals surface area contributed by atoms with E-state index in [0.29, 0.717) is 23.7 Å². The molecular formula is C30H32ClN3O4. The van der Waals surface area contributed by atoms with Crippen LogP contribution in [0.4, 0.5) is 5.69 Å². The van der Waals surface area contributed by atoms with Crippen molar-refractivity contribution in [3.8, 4) is 0 Å². The number of carbonyl (C=O) groups is 3. The van der Waals surface area contributed by atoms with Crippen LogP contribution in [0.3, 0.4) is 0 Å². The first-order valence-corrected chi connectivity index (χ1v) is 13.9. The smallest absolute Gasteiger partial charge is 0.246 e. The van der Waals surface area contributed by atoms with E-state index in [9.17, 15) is 14.4 Å². The van der Waals surface area contributed by atoms with Crippen molar-refractivity contribution in [2.24, 2.45) is 11.8 Å². The lowest BCUT2D eigenvalue weighted by atomic mass is 9.74. The van der Waals surface area contributed by atoms with Gasteiger partial charge in [0.25, 0.3) is 0 Å². The van der Waals surface area contributed by atoms with E-state index in [1.54, 1.807) is 29.2 Å². The maximum absolute atomic E-state index is 14.0. The number of likely N-dealkylation sites (tertiary alicyclic amines) is 1. The first kappa shape index (κ1) is 25.1. The average Bonchev–Trinajstić information content (AvgIpc) is 3.57. The van der Waals surface area contributed by atoms with E-state index in [4.69, 9.17) is 16.3 Å². The maximum Gasteiger partial charge on any atom is 0.246 e. The number of hydrogen-bond donors (Lipinski definition) is 2. The molecule has 5 atom stereocenters. The highest BCUT2D eigenvalue weighted by molar-refractivity contribution is 6.30. The molecule has 2 aromatic rings. The van der Waals surface area contributed by atoms with Crippen LogP contribution in [0, 0.1) is 11.8 Å². The van der Waals surface area contributed by atoms with Crippen molar-refractivity contribution in [1.29, 1.82) is 0 Å². The summed E-state index contributed by atoms with van der Waals surface area (Å²) in [7, 11) is 0. The SMILES string of the molecule is O=C(Nc1ccc(Cl)cc1)C1[C@@H]2C=CC3(O2)C(C(=O)NC2CCCCC2)N(CCc2ccccc2)C(=O)[C@H]13. The molecule has 1 aliphatic carbocycles. The Morgan fingerprint density at radius 1 is 1.00 bits per heavy atom. The Balaban J connectivity index is 1.29. The lowest BCUT2D eigenvalue weighted by molar-refractivity contribution is -0.141. The maximum atomic E-state index is 14.0. The van der Waals surface area contributed by atoms with Crippen LogP contribution in [-0.4, -0.2) is 53.0 Å². The van der Waals surface area contributed by atoms with Crippen molar-refractivity contribution < 1.29 is 19.1 Å². The van der Waals surface area contributed by atoms with Crippen LogP contribution in [0.5, 0.6) is 0 Å². The van der Waals surface area contributed by atoms with E-state index in [1.165, 1.54) is 6.42 Å². The molecular weight excluding hydrogens is 502 g/mol. The van der Waals surface area contributed by atoms with Crippen LogP contribution >= 0.6 is 11.6 Å². The van der Waals surface area contributed by atoms with E-state index in [1.807, 2.05) is 42.5 Å². The first-order chi connectivity index (χ1) is 18.5. The molecule has 2 bridgehead atoms. The predicted octanol–water partition coefficient (Wildman–Crippen LogP) is 4.12. The summed E-state index contributed by atoms with van der Waals surface area (Å²) in [5.74, 6) is -2.17. The highest BCUT2D eigenvalue weighted by Crippen LogP contribution is 2.55. The first-order valence-electron chi connectivity index (χ1n) is 13.5. The second-order valence-electron chi connectivity index (χ2n) is 10.8. The quantitative estimate of drug-likeness (QED) is 0.524. The van der Waals surface area contributed by atoms with Crippen molar-refractivity contribution >= 4 is 35.0 Å². The number of fused-ring (bicyclic) bond motifs is 1. The summed E-state index contributed by atoms with van der Waals surface area (Å²) in [4.78, 5) is 43.1. The summed E-state index contributed by atoms with van der Waals surface area (Å²) in [6, 6.07) is 16.0. The lowest BCUT2D eigenvalue weighted by Gasteiger charge is -2.34. The average molecular weight is 534 g/mol. The molecule has 3 amide bonds. The summed E-state index contributed by atoms with van der Waals surface area (Å²) in [5.41, 5.74) is 0.524. The van der Waals surface area contributed by atoms with Crippen molar-refractivity contribution in [1.82, 2.24) is 10.2 Å². The van der Waals surface area contributed by atoms with Crippen LogP contribution < -0.4 is 10.6 Å². The number of rotatable bonds is 7. The molecule has 0 radical (unpaired) electrons. The number of hydrogen-bond acceptors (Lipinski definition) is 4. The molecule has 8 heteroatoms. The van der Waals surface area contributed by atoms with Gasteiger partial charge in [-0.3, -0.25) is 14.4 Å². The Kier molecular flexibility index (Phi) is 6.74. The molecule has 3 aliphatic heterocycles. The molecule has 3 heterocycles. The van der Waals surface area contributed by atoms with Crippen molar-refractivity contribution in [2.45, 2.75) is 62.3 Å². The molecule has 2 aromatic carbocycles. The number of carbonyl (C=O) groups excluding carboxylic acids is 3. The van der Waals surface area contributed by atoms with Crippen LogP contribution in [0.25, 0.3) is 0 Å². The Bertz CT molecular complexity index is 1240. The van der Waals surface area contributed by atoms with E-state index >= 15 is 0 Å². The van der Waals surface area contributed by atoms with Gasteiger partial charge < -0.3 is 20.3 Å². The van der Waals surface area contributed by atoms with Gasteiger partial charge in [-0.1, -0.05) is 73.3 Å². The van der Waals surface area contributed by atoms with Crippen LogP contribution in [0.15, 0.2) is 66.7 Å². The molecule has 1 saturated carbocycles. The van der Waals surface area contributed by atoms with Gasteiger partial charge in [-0.15, -0.1) is 0 Å². The molecule has 3 unspecified atom stereocenters. The number of anilines is 1. The third-order valence-corrected chi connectivity index (χ3v) is 8.72. The van der Waals surface area contributed by atoms with Crippen molar-refractivity contribution in [3.05, 3.63) is 77.3 Å². The Hall–Kier alpha value is -3.16. The van der Waals surface area contributed by atoms with Crippen LogP contribution in [0.1, 0.15) is 37.7 Å². The minimum atomic E-state index is -1.15. The van der Waals surface area contributed by atoms with Gasteiger partial charge in [0.15, 0.2) is 0 Å². The Morgan fingerprint density at radius 2 is 1.74 bits per heavy atom. The third kappa shape index (κ3) is 4.41. The van der Waals surface area contributed by atoms with Gasteiger partial charge in [0.2, 0.25) is 17.7 Å². The second kappa shape index (κ2) is 10.2.